The van der Waals surface area contributed by atoms with Crippen LogP contribution in [0.25, 0.3) is 0 Å². The number of rotatable bonds is 0. The van der Waals surface area contributed by atoms with E-state index < -0.39 is 31.2 Å². The molecule has 16 N–H and O–H groups in total. The van der Waals surface area contributed by atoms with Gasteiger partial charge >= 0.3 is 71.2 Å². The van der Waals surface area contributed by atoms with Crippen molar-refractivity contribution in [2.75, 3.05) is 0 Å². The maximum Gasteiger partial charge on any atom is 3.00 e. The Morgan fingerprint density at radius 1 is 0.320 bits per heavy atom. The molecule has 25 heteroatoms. The van der Waals surface area contributed by atoms with Crippen LogP contribution in [0.4, 0.5) is 0 Å². The van der Waals surface area contributed by atoms with Gasteiger partial charge in [0.15, 0.2) is 0 Å². The van der Waals surface area contributed by atoms with Crippen LogP contribution in [0.3, 0.4) is 0 Å². The molecule has 0 aliphatic carbocycles. The van der Waals surface area contributed by atoms with Gasteiger partial charge in [-0.2, -0.15) is 0 Å². The molecule has 0 aromatic heterocycles. The first-order chi connectivity index (χ1) is 6.00. The Kier molecular flexibility index (Phi) is 152. The fraction of sp³-hybridized carbons (Fsp3) is 0. The third-order valence-corrected chi connectivity index (χ3v) is 0. The molecule has 0 aliphatic heterocycles. The maximum absolute atomic E-state index is 8.52. The van der Waals surface area contributed by atoms with Crippen LogP contribution in [0.2, 0.25) is 0 Å². The molecule has 25 heavy (non-hydrogen) atoms. The molecule has 0 saturated carbocycles. The Morgan fingerprint density at radius 2 is 0.320 bits per heavy atom. The minimum atomic E-state index is -5.17. The number of hydrogen-bond donors (Lipinski definition) is 0. The van der Waals surface area contributed by atoms with Crippen molar-refractivity contribution in [3.8, 4) is 0 Å². The molecule has 0 aromatic carbocycles. The minimum absolute atomic E-state index is 0. The predicted octanol–water partition coefficient (Wildman–Crippen LogP) is -10.6. The van der Waals surface area contributed by atoms with Crippen molar-refractivity contribution in [1.82, 2.24) is 0 Å². The first-order valence-electron chi connectivity index (χ1n) is 2.00. The van der Waals surface area contributed by atoms with E-state index in [-0.39, 0.29) is 115 Å². The summed E-state index contributed by atoms with van der Waals surface area (Å²) in [6, 6.07) is 0. The third kappa shape index (κ3) is 5100. The van der Waals surface area contributed by atoms with Gasteiger partial charge in [0.25, 0.3) is 0 Å². The summed E-state index contributed by atoms with van der Waals surface area (Å²) in [4.78, 5) is 0. The van der Waals surface area contributed by atoms with Crippen molar-refractivity contribution in [2.24, 2.45) is 0 Å². The normalized spacial score (nSPS) is 6.96. The zero-order valence-corrected chi connectivity index (χ0v) is 21.0. The average Bonchev–Trinajstić information content (AvgIpc) is 1.41. The topological polar surface area (TPSA) is 493 Å². The van der Waals surface area contributed by atoms with Gasteiger partial charge in [-0.1, -0.05) is 0 Å². The molecule has 0 unspecified atom stereocenters. The van der Waals surface area contributed by atoms with Crippen LogP contribution in [-0.4, -0.2) is 96.4 Å². The van der Waals surface area contributed by atoms with Gasteiger partial charge in [-0.15, -0.1) is 0 Å². The summed E-state index contributed by atoms with van der Waals surface area (Å²) in [5, 5.41) is 0. The van der Waals surface area contributed by atoms with Crippen molar-refractivity contribution in [2.45, 2.75) is 0 Å². The summed E-state index contributed by atoms with van der Waals surface area (Å²) >= 11 is 0. The molecule has 0 heterocycles. The van der Waals surface area contributed by atoms with Crippen LogP contribution >= 0.6 is 0 Å². The van der Waals surface area contributed by atoms with E-state index in [1.54, 1.807) is 0 Å². The second kappa shape index (κ2) is 40.4. The Hall–Kier alpha value is 1.68. The molecule has 0 rings (SSSR count). The van der Waals surface area contributed by atoms with Gasteiger partial charge in [0.1, 0.15) is 0 Å². The van der Waals surface area contributed by atoms with Crippen molar-refractivity contribution < 1.29 is 168 Å². The molecule has 0 spiro atoms. The fourth-order valence-corrected chi connectivity index (χ4v) is 0. The quantitative estimate of drug-likeness (QED) is 0.167. The van der Waals surface area contributed by atoms with Crippen LogP contribution in [0.15, 0.2) is 0 Å². The summed E-state index contributed by atoms with van der Waals surface area (Å²) in [6.45, 7) is 0. The largest absolute Gasteiger partial charge is 3.00 e. The summed E-state index contributed by atoms with van der Waals surface area (Å²) in [5.74, 6) is 0. The van der Waals surface area contributed by atoms with E-state index in [1.807, 2.05) is 0 Å². The fourth-order valence-electron chi connectivity index (χ4n) is 0. The smallest absolute Gasteiger partial charge is 0.759 e. The van der Waals surface area contributed by atoms with E-state index in [0.717, 1.165) is 0 Å². The van der Waals surface area contributed by atoms with Crippen LogP contribution in [0.1, 0.15) is 0 Å². The summed E-state index contributed by atoms with van der Waals surface area (Å²) in [5.41, 5.74) is 0. The molecule has 0 aromatic rings. The second-order valence-electron chi connectivity index (χ2n) is 1.22. The molecular formula is H16La2O20S3. The molecule has 0 aliphatic rings. The van der Waals surface area contributed by atoms with E-state index in [9.17, 15) is 0 Å². The molecular weight excluding hydrogens is 694 g/mol. The van der Waals surface area contributed by atoms with Gasteiger partial charge in [0.05, 0.1) is 0 Å². The first kappa shape index (κ1) is 94.0. The SMILES string of the molecule is O.O.O.O.O.O.O.O.O=S(=O)([O-])[O-].O=S(=O)([O-])[O-].O=S(=O)([O-])[O-].[La+3].[La+3]. The van der Waals surface area contributed by atoms with Gasteiger partial charge in [-0.3, -0.25) is 25.3 Å². The van der Waals surface area contributed by atoms with Crippen LogP contribution in [-0.2, 0) is 31.2 Å². The van der Waals surface area contributed by atoms with Crippen LogP contribution in [0, 0.1) is 71.2 Å². The van der Waals surface area contributed by atoms with Crippen LogP contribution in [0.5, 0.6) is 0 Å². The van der Waals surface area contributed by atoms with E-state index in [2.05, 4.69) is 0 Å². The van der Waals surface area contributed by atoms with Crippen molar-refractivity contribution in [1.29, 1.82) is 0 Å². The molecule has 160 valence electrons. The summed E-state index contributed by atoms with van der Waals surface area (Å²) in [6.07, 6.45) is 0. The van der Waals surface area contributed by atoms with Gasteiger partial charge in [-0.05, 0) is 0 Å². The predicted molar refractivity (Wildman–Crippen MR) is 60.3 cm³/mol. The molecule has 0 radical (unpaired) electrons. The average molecular weight is 710 g/mol. The monoisotopic (exact) mass is 710 g/mol. The third-order valence-electron chi connectivity index (χ3n) is 0. The Morgan fingerprint density at radius 3 is 0.320 bits per heavy atom. The Balaban J connectivity index is -0.00000000655. The van der Waals surface area contributed by atoms with Gasteiger partial charge in [-0.25, -0.2) is 0 Å². The van der Waals surface area contributed by atoms with Crippen molar-refractivity contribution in [3.63, 3.8) is 0 Å². The standard InChI is InChI=1S/2La.3H2O4S.8H2O/c;;3*1-5(2,3)4;;;;;;;;/h;;3*(H2,1,2,3,4);8*1H2/q2*+3;;;;;;;;;;;/p-6. The molecule has 0 fully saturated rings. The minimum Gasteiger partial charge on any atom is -0.759 e. The van der Waals surface area contributed by atoms with E-state index >= 15 is 0 Å². The van der Waals surface area contributed by atoms with E-state index in [0.29, 0.717) is 0 Å². The maximum atomic E-state index is 8.52. The second-order valence-corrected chi connectivity index (χ2v) is 3.67. The van der Waals surface area contributed by atoms with E-state index in [4.69, 9.17) is 52.6 Å². The zero-order valence-electron chi connectivity index (χ0n) is 11.3. The van der Waals surface area contributed by atoms with Crippen LogP contribution < -0.4 is 0 Å². The Labute approximate surface area is 196 Å². The molecule has 0 atom stereocenters. The molecule has 0 bridgehead atoms. The van der Waals surface area contributed by atoms with Gasteiger partial charge < -0.3 is 71.1 Å². The van der Waals surface area contributed by atoms with Crippen molar-refractivity contribution >= 4 is 31.2 Å². The molecule has 0 saturated heterocycles. The number of hydrogen-bond acceptors (Lipinski definition) is 12. The van der Waals surface area contributed by atoms with Gasteiger partial charge in [0, 0.05) is 31.2 Å². The molecule has 0 amide bonds. The summed E-state index contributed by atoms with van der Waals surface area (Å²) in [7, 11) is -15.5. The van der Waals surface area contributed by atoms with Gasteiger partial charge in [0.2, 0.25) is 0 Å². The molecule has 20 nitrogen and oxygen atoms in total. The zero-order chi connectivity index (χ0) is 13.5. The Bertz CT molecular complexity index is 344. The first-order valence-corrected chi connectivity index (χ1v) is 6.00. The van der Waals surface area contributed by atoms with E-state index in [1.165, 1.54) is 0 Å². The summed E-state index contributed by atoms with van der Waals surface area (Å²) < 4.78 is 102. The van der Waals surface area contributed by atoms with Crippen molar-refractivity contribution in [3.05, 3.63) is 0 Å².